The van der Waals surface area contributed by atoms with E-state index in [0.717, 1.165) is 96.1 Å². The third kappa shape index (κ3) is 3.14. The van der Waals surface area contributed by atoms with Crippen LogP contribution in [0, 0.1) is 10.8 Å². The summed E-state index contributed by atoms with van der Waals surface area (Å²) < 4.78 is 7.62. The molecule has 2 aromatic rings. The second-order valence-electron chi connectivity index (χ2n) is 10.2. The molecule has 2 aromatic heterocycles. The molecule has 1 N–H and O–H groups in total. The van der Waals surface area contributed by atoms with E-state index in [9.17, 15) is 4.79 Å². The molecule has 0 aliphatic carbocycles. The number of nitrogens with one attached hydrogen (secondary N) is 1. The van der Waals surface area contributed by atoms with Crippen molar-refractivity contribution in [2.75, 3.05) is 57.4 Å². The fraction of sp³-hybridized carbons (Fsp3) is 0.696. The maximum absolute atomic E-state index is 13.5. The second-order valence-corrected chi connectivity index (χ2v) is 10.2. The van der Waals surface area contributed by atoms with E-state index in [1.807, 2.05) is 16.8 Å². The summed E-state index contributed by atoms with van der Waals surface area (Å²) in [5, 5.41) is 8.05. The molecule has 31 heavy (non-hydrogen) atoms. The summed E-state index contributed by atoms with van der Waals surface area (Å²) in [6, 6.07) is 1.97. The predicted octanol–water partition coefficient (Wildman–Crippen LogP) is 1.27. The second kappa shape index (κ2) is 7.17. The normalized spacial score (nSPS) is 24.8. The fourth-order valence-electron chi connectivity index (χ4n) is 6.03. The summed E-state index contributed by atoms with van der Waals surface area (Å²) in [5.74, 6) is 1.45. The summed E-state index contributed by atoms with van der Waals surface area (Å²) >= 11 is 0. The molecule has 0 radical (unpaired) electrons. The smallest absolute Gasteiger partial charge is 0.232 e. The van der Waals surface area contributed by atoms with Crippen molar-refractivity contribution in [1.82, 2.24) is 24.8 Å². The van der Waals surface area contributed by atoms with Gasteiger partial charge in [-0.25, -0.2) is 4.98 Å². The summed E-state index contributed by atoms with van der Waals surface area (Å²) in [5.41, 5.74) is 3.37. The van der Waals surface area contributed by atoms with Gasteiger partial charge in [-0.2, -0.15) is 9.61 Å². The zero-order valence-electron chi connectivity index (χ0n) is 18.4. The van der Waals surface area contributed by atoms with E-state index < -0.39 is 0 Å². The van der Waals surface area contributed by atoms with Crippen LogP contribution < -0.4 is 10.2 Å². The number of likely N-dealkylation sites (tertiary alicyclic amines) is 1. The number of carbonyl (C=O) groups excluding carboxylic acids is 1. The van der Waals surface area contributed by atoms with Crippen LogP contribution in [0.1, 0.15) is 37.4 Å². The predicted molar refractivity (Wildman–Crippen MR) is 117 cm³/mol. The number of nitrogens with zero attached hydrogens (tertiary/aromatic N) is 5. The summed E-state index contributed by atoms with van der Waals surface area (Å²) in [4.78, 5) is 22.8. The molecule has 1 amide bonds. The molecule has 4 aliphatic heterocycles. The van der Waals surface area contributed by atoms with Crippen LogP contribution in [-0.4, -0.2) is 77.9 Å². The average Bonchev–Trinajstić information content (AvgIpc) is 3.34. The van der Waals surface area contributed by atoms with Gasteiger partial charge in [-0.05, 0) is 44.6 Å². The van der Waals surface area contributed by atoms with Crippen LogP contribution in [0.4, 0.5) is 5.82 Å². The standard InChI is InChI=1S/C23H32N6O2/c1-22(21(30)27-11-5-23(6-12-27)7-13-31-16-23)14-28(15-22)20-17-2-8-24-9-3-18(17)26-19-4-10-25-29(19)20/h4,10,24H,2-3,5-9,11-16H2,1H3. The molecular formula is C23H32N6O2. The molecule has 3 saturated heterocycles. The molecule has 8 heteroatoms. The summed E-state index contributed by atoms with van der Waals surface area (Å²) in [6.07, 6.45) is 7.03. The lowest BCUT2D eigenvalue weighted by atomic mass is 9.75. The monoisotopic (exact) mass is 424 g/mol. The zero-order valence-corrected chi connectivity index (χ0v) is 18.4. The van der Waals surface area contributed by atoms with Crippen molar-refractivity contribution >= 4 is 17.4 Å². The van der Waals surface area contributed by atoms with Crippen molar-refractivity contribution in [2.24, 2.45) is 10.8 Å². The van der Waals surface area contributed by atoms with Crippen molar-refractivity contribution in [3.63, 3.8) is 0 Å². The van der Waals surface area contributed by atoms with Crippen LogP contribution in [0.25, 0.3) is 5.65 Å². The van der Waals surface area contributed by atoms with Crippen LogP contribution in [-0.2, 0) is 22.4 Å². The molecule has 3 fully saturated rings. The van der Waals surface area contributed by atoms with E-state index in [0.29, 0.717) is 11.3 Å². The topological polar surface area (TPSA) is 75.0 Å². The number of rotatable bonds is 2. The average molecular weight is 425 g/mol. The quantitative estimate of drug-likeness (QED) is 0.783. The Bertz CT molecular complexity index is 995. The van der Waals surface area contributed by atoms with Crippen LogP contribution in [0.15, 0.2) is 12.3 Å². The molecule has 0 bridgehead atoms. The highest BCUT2D eigenvalue weighted by Crippen LogP contribution is 2.42. The first-order chi connectivity index (χ1) is 15.1. The van der Waals surface area contributed by atoms with Gasteiger partial charge in [0.05, 0.1) is 23.9 Å². The van der Waals surface area contributed by atoms with Crippen LogP contribution in [0.3, 0.4) is 0 Å². The highest BCUT2D eigenvalue weighted by molar-refractivity contribution is 5.86. The Hall–Kier alpha value is -2.19. The molecular weight excluding hydrogens is 392 g/mol. The number of aromatic nitrogens is 3. The summed E-state index contributed by atoms with van der Waals surface area (Å²) in [7, 11) is 0. The lowest BCUT2D eigenvalue weighted by molar-refractivity contribution is -0.145. The van der Waals surface area contributed by atoms with Gasteiger partial charge in [0.15, 0.2) is 5.65 Å². The van der Waals surface area contributed by atoms with Gasteiger partial charge in [-0.15, -0.1) is 0 Å². The van der Waals surface area contributed by atoms with E-state index in [-0.39, 0.29) is 5.41 Å². The Balaban J connectivity index is 1.21. The van der Waals surface area contributed by atoms with Gasteiger partial charge < -0.3 is 19.9 Å². The van der Waals surface area contributed by atoms with Crippen LogP contribution in [0.5, 0.6) is 0 Å². The molecule has 0 saturated carbocycles. The SMILES string of the molecule is CC1(C(=O)N2CCC3(CCOC3)CC2)CN(c2c3c(nc4ccnn24)CCNCC3)C1. The summed E-state index contributed by atoms with van der Waals surface area (Å²) in [6.45, 7) is 9.05. The highest BCUT2D eigenvalue weighted by Gasteiger charge is 2.50. The van der Waals surface area contributed by atoms with Crippen molar-refractivity contribution < 1.29 is 9.53 Å². The van der Waals surface area contributed by atoms with Crippen molar-refractivity contribution in [1.29, 1.82) is 0 Å². The van der Waals surface area contributed by atoms with E-state index in [1.54, 1.807) is 0 Å². The lowest BCUT2D eigenvalue weighted by Crippen LogP contribution is -2.64. The number of hydrogen-bond acceptors (Lipinski definition) is 6. The van der Waals surface area contributed by atoms with Gasteiger partial charge in [0.1, 0.15) is 5.82 Å². The first-order valence-electron chi connectivity index (χ1n) is 11.8. The lowest BCUT2D eigenvalue weighted by Gasteiger charge is -2.51. The zero-order chi connectivity index (χ0) is 21.1. The Kier molecular flexibility index (Phi) is 4.51. The van der Waals surface area contributed by atoms with E-state index in [2.05, 4.69) is 27.1 Å². The van der Waals surface area contributed by atoms with Crippen molar-refractivity contribution in [3.05, 3.63) is 23.5 Å². The first-order valence-corrected chi connectivity index (χ1v) is 11.8. The molecule has 4 aliphatic rings. The Morgan fingerprint density at radius 1 is 1.16 bits per heavy atom. The number of ether oxygens (including phenoxy) is 1. The largest absolute Gasteiger partial charge is 0.381 e. The highest BCUT2D eigenvalue weighted by atomic mass is 16.5. The minimum Gasteiger partial charge on any atom is -0.381 e. The van der Waals surface area contributed by atoms with Crippen LogP contribution >= 0.6 is 0 Å². The molecule has 166 valence electrons. The molecule has 1 spiro atoms. The third-order valence-electron chi connectivity index (χ3n) is 7.97. The van der Waals surface area contributed by atoms with Gasteiger partial charge in [0.25, 0.3) is 0 Å². The van der Waals surface area contributed by atoms with Crippen molar-refractivity contribution in [3.8, 4) is 0 Å². The molecule has 6 rings (SSSR count). The molecule has 0 atom stereocenters. The number of fused-ring (bicyclic) bond motifs is 2. The van der Waals surface area contributed by atoms with E-state index in [1.165, 1.54) is 11.3 Å². The Morgan fingerprint density at radius 3 is 2.74 bits per heavy atom. The molecule has 0 unspecified atom stereocenters. The first kappa shape index (κ1) is 19.5. The van der Waals surface area contributed by atoms with Gasteiger partial charge in [0, 0.05) is 57.4 Å². The molecule has 8 nitrogen and oxygen atoms in total. The maximum atomic E-state index is 13.5. The Labute approximate surface area is 182 Å². The Morgan fingerprint density at radius 2 is 1.97 bits per heavy atom. The third-order valence-corrected chi connectivity index (χ3v) is 7.97. The van der Waals surface area contributed by atoms with Crippen LogP contribution in [0.2, 0.25) is 0 Å². The van der Waals surface area contributed by atoms with Gasteiger partial charge in [-0.3, -0.25) is 4.79 Å². The fourth-order valence-corrected chi connectivity index (χ4v) is 6.03. The van der Waals surface area contributed by atoms with Gasteiger partial charge >= 0.3 is 0 Å². The van der Waals surface area contributed by atoms with E-state index >= 15 is 0 Å². The van der Waals surface area contributed by atoms with E-state index in [4.69, 9.17) is 9.72 Å². The van der Waals surface area contributed by atoms with Gasteiger partial charge in [0.2, 0.25) is 5.91 Å². The number of amides is 1. The number of hydrogen-bond donors (Lipinski definition) is 1. The number of carbonyl (C=O) groups is 1. The minimum absolute atomic E-state index is 0.316. The maximum Gasteiger partial charge on any atom is 0.232 e. The number of anilines is 1. The number of piperidine rings is 1. The van der Waals surface area contributed by atoms with Gasteiger partial charge in [-0.1, -0.05) is 0 Å². The molecule has 6 heterocycles. The minimum atomic E-state index is -0.324. The van der Waals surface area contributed by atoms with Crippen molar-refractivity contribution in [2.45, 2.75) is 39.0 Å². The molecule has 0 aromatic carbocycles.